The van der Waals surface area contributed by atoms with Crippen molar-refractivity contribution in [3.8, 4) is 0 Å². The van der Waals surface area contributed by atoms with Crippen LogP contribution in [-0.4, -0.2) is 10.3 Å². The molecule has 16 heavy (non-hydrogen) atoms. The van der Waals surface area contributed by atoms with E-state index in [-0.39, 0.29) is 0 Å². The van der Waals surface area contributed by atoms with Crippen LogP contribution >= 0.6 is 34.8 Å². The molecule has 1 aromatic carbocycles. The lowest BCUT2D eigenvalue weighted by molar-refractivity contribution is -0.147. The van der Waals surface area contributed by atoms with Crippen LogP contribution < -0.4 is 0 Å². The van der Waals surface area contributed by atoms with Crippen molar-refractivity contribution in [3.63, 3.8) is 0 Å². The fourth-order valence-electron chi connectivity index (χ4n) is 1.29. The lowest BCUT2D eigenvalue weighted by atomic mass is 10.1. The number of ether oxygens (including phenoxy) is 1. The highest BCUT2D eigenvalue weighted by Crippen LogP contribution is 2.40. The Bertz CT molecular complexity index is 385. The van der Waals surface area contributed by atoms with Gasteiger partial charge in [-0.2, -0.15) is 0 Å². The third kappa shape index (κ3) is 3.55. The maximum Gasteiger partial charge on any atom is 0.303 e. The van der Waals surface area contributed by atoms with Gasteiger partial charge < -0.3 is 4.74 Å². The summed E-state index contributed by atoms with van der Waals surface area (Å²) in [4.78, 5) is 11.0. The molecule has 2 nitrogen and oxygen atoms in total. The first kappa shape index (κ1) is 13.6. The van der Waals surface area contributed by atoms with E-state index in [1.54, 1.807) is 31.2 Å². The molecule has 0 aliphatic carbocycles. The minimum atomic E-state index is -1.24. The van der Waals surface area contributed by atoms with Crippen LogP contribution in [0.4, 0.5) is 0 Å². The Morgan fingerprint density at radius 2 is 1.94 bits per heavy atom. The quantitative estimate of drug-likeness (QED) is 0.615. The number of alkyl halides is 2. The van der Waals surface area contributed by atoms with Crippen molar-refractivity contribution >= 4 is 40.8 Å². The first-order chi connectivity index (χ1) is 7.32. The number of rotatable bonds is 3. The summed E-state index contributed by atoms with van der Waals surface area (Å²) in [6, 6.07) is 6.96. The van der Waals surface area contributed by atoms with Crippen LogP contribution in [0.15, 0.2) is 24.3 Å². The summed E-state index contributed by atoms with van der Waals surface area (Å²) in [6.45, 7) is 2.84. The zero-order valence-corrected chi connectivity index (χ0v) is 11.1. The molecule has 0 spiro atoms. The molecule has 0 bridgehead atoms. The monoisotopic (exact) mass is 280 g/mol. The predicted molar refractivity (Wildman–Crippen MR) is 66.1 cm³/mol. The third-order valence-electron chi connectivity index (χ3n) is 1.93. The highest BCUT2D eigenvalue weighted by atomic mass is 35.5. The Morgan fingerprint density at radius 1 is 1.38 bits per heavy atom. The van der Waals surface area contributed by atoms with E-state index in [0.717, 1.165) is 0 Å². The van der Waals surface area contributed by atoms with E-state index in [4.69, 9.17) is 39.5 Å². The molecular formula is C11H11Cl3O2. The minimum Gasteiger partial charge on any atom is -0.454 e. The highest BCUT2D eigenvalue weighted by Gasteiger charge is 2.35. The van der Waals surface area contributed by atoms with Gasteiger partial charge in [0, 0.05) is 17.5 Å². The van der Waals surface area contributed by atoms with Gasteiger partial charge >= 0.3 is 5.97 Å². The molecule has 0 amide bonds. The minimum absolute atomic E-state index is 0.460. The normalized spacial score (nSPS) is 13.3. The second-order valence-electron chi connectivity index (χ2n) is 3.47. The molecule has 1 unspecified atom stereocenters. The Labute approximate surface area is 109 Å². The molecule has 88 valence electrons. The molecule has 0 radical (unpaired) electrons. The molecule has 0 aliphatic rings. The lowest BCUT2D eigenvalue weighted by Gasteiger charge is -2.26. The van der Waals surface area contributed by atoms with Gasteiger partial charge in [0.1, 0.15) is 0 Å². The van der Waals surface area contributed by atoms with Crippen LogP contribution in [0.25, 0.3) is 0 Å². The van der Waals surface area contributed by atoms with Gasteiger partial charge in [-0.05, 0) is 13.0 Å². The maximum atomic E-state index is 11.0. The lowest BCUT2D eigenvalue weighted by Crippen LogP contribution is -2.24. The van der Waals surface area contributed by atoms with Crippen LogP contribution in [0.5, 0.6) is 0 Å². The number of hydrogen-bond donors (Lipinski definition) is 0. The van der Waals surface area contributed by atoms with Gasteiger partial charge in [0.15, 0.2) is 10.4 Å². The summed E-state index contributed by atoms with van der Waals surface area (Å²) in [5.41, 5.74) is 0.590. The standard InChI is InChI=1S/C11H11Cl3O2/c1-7(15)16-10(11(2,13)14)8-5-3-4-6-9(8)12/h3-6,10H,1-2H3. The number of halogens is 3. The number of carbonyl (C=O) groups is 1. The molecule has 0 saturated heterocycles. The molecule has 0 saturated carbocycles. The van der Waals surface area contributed by atoms with Crippen molar-refractivity contribution in [1.82, 2.24) is 0 Å². The zero-order chi connectivity index (χ0) is 12.3. The molecule has 0 heterocycles. The largest absolute Gasteiger partial charge is 0.454 e. The molecule has 0 aromatic heterocycles. The highest BCUT2D eigenvalue weighted by molar-refractivity contribution is 6.48. The summed E-state index contributed by atoms with van der Waals surface area (Å²) >= 11 is 18.0. The number of carbonyl (C=O) groups excluding carboxylic acids is 1. The Balaban J connectivity index is 3.12. The van der Waals surface area contributed by atoms with Gasteiger partial charge in [0.05, 0.1) is 0 Å². The van der Waals surface area contributed by atoms with Gasteiger partial charge in [0.25, 0.3) is 0 Å². The second kappa shape index (κ2) is 5.26. The molecule has 1 aromatic rings. The van der Waals surface area contributed by atoms with Crippen molar-refractivity contribution in [3.05, 3.63) is 34.9 Å². The van der Waals surface area contributed by atoms with Crippen molar-refractivity contribution in [2.24, 2.45) is 0 Å². The Morgan fingerprint density at radius 3 is 2.38 bits per heavy atom. The fraction of sp³-hybridized carbons (Fsp3) is 0.364. The van der Waals surface area contributed by atoms with E-state index < -0.39 is 16.4 Å². The smallest absolute Gasteiger partial charge is 0.303 e. The van der Waals surface area contributed by atoms with Crippen molar-refractivity contribution < 1.29 is 9.53 Å². The van der Waals surface area contributed by atoms with Crippen LogP contribution in [0.2, 0.25) is 5.02 Å². The summed E-state index contributed by atoms with van der Waals surface area (Å²) in [6.07, 6.45) is -0.790. The summed E-state index contributed by atoms with van der Waals surface area (Å²) in [7, 11) is 0. The van der Waals surface area contributed by atoms with Crippen LogP contribution in [0.3, 0.4) is 0 Å². The maximum absolute atomic E-state index is 11.0. The summed E-state index contributed by atoms with van der Waals surface area (Å²) < 4.78 is 3.85. The van der Waals surface area contributed by atoms with Crippen molar-refractivity contribution in [2.75, 3.05) is 0 Å². The average Bonchev–Trinajstić information content (AvgIpc) is 2.13. The molecule has 0 N–H and O–H groups in total. The fourth-order valence-corrected chi connectivity index (χ4v) is 1.85. The Kier molecular flexibility index (Phi) is 4.48. The SMILES string of the molecule is CC(=O)OC(c1ccccc1Cl)C(C)(Cl)Cl. The Hall–Kier alpha value is -0.440. The van der Waals surface area contributed by atoms with Crippen molar-refractivity contribution in [1.29, 1.82) is 0 Å². The zero-order valence-electron chi connectivity index (χ0n) is 8.84. The molecule has 0 aliphatic heterocycles. The topological polar surface area (TPSA) is 26.3 Å². The number of benzene rings is 1. The van der Waals surface area contributed by atoms with Gasteiger partial charge in [-0.25, -0.2) is 0 Å². The first-order valence-corrected chi connectivity index (χ1v) is 5.75. The number of esters is 1. The molecular weight excluding hydrogens is 270 g/mol. The molecule has 1 atom stereocenters. The van der Waals surface area contributed by atoms with E-state index in [1.165, 1.54) is 6.92 Å². The molecule has 0 fully saturated rings. The van der Waals surface area contributed by atoms with E-state index in [9.17, 15) is 4.79 Å². The first-order valence-electron chi connectivity index (χ1n) is 4.62. The van der Waals surface area contributed by atoms with Gasteiger partial charge in [-0.15, -0.1) is 0 Å². The van der Waals surface area contributed by atoms with Crippen LogP contribution in [0.1, 0.15) is 25.5 Å². The average molecular weight is 282 g/mol. The van der Waals surface area contributed by atoms with E-state index in [2.05, 4.69) is 0 Å². The summed E-state index contributed by atoms with van der Waals surface area (Å²) in [5, 5.41) is 0.460. The van der Waals surface area contributed by atoms with Gasteiger partial charge in [-0.3, -0.25) is 4.79 Å². The summed E-state index contributed by atoms with van der Waals surface area (Å²) in [5.74, 6) is -0.461. The predicted octanol–water partition coefficient (Wildman–Crippen LogP) is 4.14. The van der Waals surface area contributed by atoms with Gasteiger partial charge in [-0.1, -0.05) is 53.0 Å². The third-order valence-corrected chi connectivity index (χ3v) is 2.67. The van der Waals surface area contributed by atoms with E-state index in [0.29, 0.717) is 10.6 Å². The van der Waals surface area contributed by atoms with Crippen LogP contribution in [-0.2, 0) is 9.53 Å². The van der Waals surface area contributed by atoms with Crippen LogP contribution in [0, 0.1) is 0 Å². The molecule has 1 rings (SSSR count). The second-order valence-corrected chi connectivity index (χ2v) is 5.64. The van der Waals surface area contributed by atoms with Gasteiger partial charge in [0.2, 0.25) is 0 Å². The van der Waals surface area contributed by atoms with E-state index in [1.807, 2.05) is 0 Å². The van der Waals surface area contributed by atoms with E-state index >= 15 is 0 Å². The number of hydrogen-bond acceptors (Lipinski definition) is 2. The van der Waals surface area contributed by atoms with Crippen molar-refractivity contribution in [2.45, 2.75) is 24.3 Å². The molecule has 5 heteroatoms.